The van der Waals surface area contributed by atoms with Crippen molar-refractivity contribution in [1.29, 1.82) is 0 Å². The van der Waals surface area contributed by atoms with E-state index in [1.165, 1.54) is 56.5 Å². The first-order valence-corrected chi connectivity index (χ1v) is 8.28. The summed E-state index contributed by atoms with van der Waals surface area (Å²) in [4.78, 5) is 14.4. The molecule has 1 N–H and O–H groups in total. The number of thiophene rings is 1. The van der Waals surface area contributed by atoms with Gasteiger partial charge in [0.1, 0.15) is 11.5 Å². The molecule has 3 heterocycles. The maximum atomic E-state index is 11.9. The normalized spacial score (nSPS) is 30.6. The van der Waals surface area contributed by atoms with E-state index in [2.05, 4.69) is 0 Å². The Kier molecular flexibility index (Phi) is 4.18. The third-order valence-electron chi connectivity index (χ3n) is 4.58. The molecule has 0 spiro atoms. The van der Waals surface area contributed by atoms with Gasteiger partial charge in [-0.1, -0.05) is 6.07 Å². The fourth-order valence-corrected chi connectivity index (χ4v) is 4.24. The number of hydrogen-bond acceptors (Lipinski definition) is 3. The summed E-state index contributed by atoms with van der Waals surface area (Å²) in [6, 6.07) is 4.47. The van der Waals surface area contributed by atoms with Crippen LogP contribution < -0.4 is 4.90 Å². The summed E-state index contributed by atoms with van der Waals surface area (Å²) < 4.78 is 5.53. The van der Waals surface area contributed by atoms with Gasteiger partial charge in [-0.05, 0) is 43.6 Å². The summed E-state index contributed by atoms with van der Waals surface area (Å²) in [7, 11) is 0. The fraction of sp³-hybridized carbons (Fsp3) is 0.667. The van der Waals surface area contributed by atoms with Crippen molar-refractivity contribution < 1.29 is 14.4 Å². The molecule has 0 aromatic carbocycles. The molecule has 2 saturated heterocycles. The van der Waals surface area contributed by atoms with Crippen molar-refractivity contribution in [3.05, 3.63) is 22.4 Å². The van der Waals surface area contributed by atoms with E-state index in [9.17, 15) is 4.79 Å². The van der Waals surface area contributed by atoms with Gasteiger partial charge < -0.3 is 9.64 Å². The van der Waals surface area contributed by atoms with Gasteiger partial charge >= 0.3 is 5.97 Å². The highest BCUT2D eigenvalue weighted by molar-refractivity contribution is 7.11. The lowest BCUT2D eigenvalue weighted by atomic mass is 9.84. The molecule has 3 nitrogen and oxygen atoms in total. The van der Waals surface area contributed by atoms with Crippen molar-refractivity contribution in [2.24, 2.45) is 5.92 Å². The van der Waals surface area contributed by atoms with Gasteiger partial charge in [-0.3, -0.25) is 0 Å². The predicted octanol–water partition coefficient (Wildman–Crippen LogP) is 1.75. The first kappa shape index (κ1) is 13.1. The molecule has 0 amide bonds. The third kappa shape index (κ3) is 3.00. The van der Waals surface area contributed by atoms with Crippen molar-refractivity contribution in [3.8, 4) is 0 Å². The van der Waals surface area contributed by atoms with E-state index in [1.807, 2.05) is 17.5 Å². The maximum Gasteiger partial charge on any atom is 0.348 e. The lowest BCUT2D eigenvalue weighted by Crippen LogP contribution is -3.18. The Morgan fingerprint density at radius 2 is 2.21 bits per heavy atom. The molecule has 0 radical (unpaired) electrons. The topological polar surface area (TPSA) is 30.7 Å². The average Bonchev–Trinajstić information content (AvgIpc) is 2.99. The summed E-state index contributed by atoms with van der Waals surface area (Å²) in [6.45, 7) is 3.25. The van der Waals surface area contributed by atoms with E-state index in [4.69, 9.17) is 4.74 Å². The number of carbonyl (C=O) groups excluding carboxylic acids is 1. The zero-order chi connectivity index (χ0) is 13.1. The number of piperidine rings is 2. The van der Waals surface area contributed by atoms with Crippen LogP contribution in [0.1, 0.15) is 41.8 Å². The van der Waals surface area contributed by atoms with Crippen molar-refractivity contribution in [3.63, 3.8) is 0 Å². The predicted molar refractivity (Wildman–Crippen MR) is 75.7 cm³/mol. The second kappa shape index (κ2) is 6.06. The van der Waals surface area contributed by atoms with Gasteiger partial charge in [0.15, 0.2) is 0 Å². The van der Waals surface area contributed by atoms with Crippen LogP contribution in [0.25, 0.3) is 0 Å². The number of esters is 1. The summed E-state index contributed by atoms with van der Waals surface area (Å²) in [5.41, 5.74) is 0. The van der Waals surface area contributed by atoms with Gasteiger partial charge in [0, 0.05) is 5.92 Å². The second-order valence-corrected chi connectivity index (χ2v) is 6.69. The highest BCUT2D eigenvalue weighted by Crippen LogP contribution is 2.21. The van der Waals surface area contributed by atoms with Gasteiger partial charge in [-0.2, -0.15) is 0 Å². The lowest BCUT2D eigenvalue weighted by molar-refractivity contribution is -0.940. The van der Waals surface area contributed by atoms with Crippen molar-refractivity contribution >= 4 is 17.3 Å². The van der Waals surface area contributed by atoms with Gasteiger partial charge in [0.05, 0.1) is 19.1 Å². The number of ether oxygens (including phenoxy) is 1. The molecular formula is C15H22NO2S+. The third-order valence-corrected chi connectivity index (χ3v) is 5.43. The summed E-state index contributed by atoms with van der Waals surface area (Å²) >= 11 is 1.46. The SMILES string of the molecule is O=C(OC[C@@H]1CCC[NH+]2CCCC[C@H]12)c1cccs1. The minimum atomic E-state index is -0.141. The Hall–Kier alpha value is -0.870. The van der Waals surface area contributed by atoms with Crippen LogP contribution in [-0.4, -0.2) is 31.7 Å². The molecular weight excluding hydrogens is 258 g/mol. The van der Waals surface area contributed by atoms with E-state index >= 15 is 0 Å². The number of hydrogen-bond donors (Lipinski definition) is 1. The Labute approximate surface area is 118 Å². The Bertz CT molecular complexity index is 416. The molecule has 2 aliphatic rings. The highest BCUT2D eigenvalue weighted by atomic mass is 32.1. The number of rotatable bonds is 3. The van der Waals surface area contributed by atoms with Crippen molar-refractivity contribution in [2.75, 3.05) is 19.7 Å². The van der Waals surface area contributed by atoms with Crippen LogP contribution in [0.15, 0.2) is 17.5 Å². The highest BCUT2D eigenvalue weighted by Gasteiger charge is 2.37. The summed E-state index contributed by atoms with van der Waals surface area (Å²) in [5.74, 6) is 0.436. The first-order valence-electron chi connectivity index (χ1n) is 7.40. The summed E-state index contributed by atoms with van der Waals surface area (Å²) in [6.07, 6.45) is 6.55. The molecule has 0 saturated carbocycles. The van der Waals surface area contributed by atoms with Gasteiger partial charge in [-0.25, -0.2) is 4.79 Å². The Morgan fingerprint density at radius 3 is 3.05 bits per heavy atom. The molecule has 1 aromatic rings. The molecule has 3 atom stereocenters. The number of quaternary nitrogens is 1. The minimum absolute atomic E-state index is 0.141. The first-order chi connectivity index (χ1) is 9.34. The number of nitrogens with one attached hydrogen (secondary N) is 1. The van der Waals surface area contributed by atoms with Crippen LogP contribution in [0.4, 0.5) is 0 Å². The van der Waals surface area contributed by atoms with E-state index in [0.717, 1.165) is 10.9 Å². The molecule has 3 rings (SSSR count). The van der Waals surface area contributed by atoms with E-state index in [1.54, 1.807) is 4.90 Å². The monoisotopic (exact) mass is 280 g/mol. The number of fused-ring (bicyclic) bond motifs is 1. The van der Waals surface area contributed by atoms with E-state index < -0.39 is 0 Å². The zero-order valence-electron chi connectivity index (χ0n) is 11.3. The van der Waals surface area contributed by atoms with Gasteiger partial charge in [0.25, 0.3) is 0 Å². The molecule has 0 aliphatic carbocycles. The second-order valence-electron chi connectivity index (χ2n) is 5.74. The van der Waals surface area contributed by atoms with Crippen LogP contribution >= 0.6 is 11.3 Å². The van der Waals surface area contributed by atoms with Crippen LogP contribution in [0.5, 0.6) is 0 Å². The average molecular weight is 280 g/mol. The maximum absolute atomic E-state index is 11.9. The largest absolute Gasteiger partial charge is 0.461 e. The van der Waals surface area contributed by atoms with E-state index in [-0.39, 0.29) is 5.97 Å². The van der Waals surface area contributed by atoms with Crippen molar-refractivity contribution in [2.45, 2.75) is 38.1 Å². The Balaban J connectivity index is 1.55. The fourth-order valence-electron chi connectivity index (χ4n) is 3.63. The minimum Gasteiger partial charge on any atom is -0.461 e. The summed E-state index contributed by atoms with van der Waals surface area (Å²) in [5, 5.41) is 1.92. The van der Waals surface area contributed by atoms with Crippen molar-refractivity contribution in [1.82, 2.24) is 0 Å². The van der Waals surface area contributed by atoms with Crippen LogP contribution in [0.3, 0.4) is 0 Å². The zero-order valence-corrected chi connectivity index (χ0v) is 12.1. The molecule has 2 fully saturated rings. The standard InChI is InChI=1S/C15H21NO2S/c17-15(14-7-4-10-19-14)18-11-12-5-3-9-16-8-2-1-6-13(12)16/h4,7,10,12-13H,1-3,5-6,8-9,11H2/p+1/t12-,13+/m0/s1. The molecule has 2 aliphatic heterocycles. The van der Waals surface area contributed by atoms with E-state index in [0.29, 0.717) is 12.5 Å². The van der Waals surface area contributed by atoms with Crippen LogP contribution in [0, 0.1) is 5.92 Å². The quantitative estimate of drug-likeness (QED) is 0.855. The van der Waals surface area contributed by atoms with Crippen LogP contribution in [0.2, 0.25) is 0 Å². The van der Waals surface area contributed by atoms with Gasteiger partial charge in [-0.15, -0.1) is 11.3 Å². The van der Waals surface area contributed by atoms with Gasteiger partial charge in [0.2, 0.25) is 0 Å². The molecule has 1 unspecified atom stereocenters. The molecule has 19 heavy (non-hydrogen) atoms. The Morgan fingerprint density at radius 1 is 1.32 bits per heavy atom. The number of carbonyl (C=O) groups is 1. The molecule has 1 aromatic heterocycles. The smallest absolute Gasteiger partial charge is 0.348 e. The molecule has 0 bridgehead atoms. The lowest BCUT2D eigenvalue weighted by Gasteiger charge is -2.40. The molecule has 4 heteroatoms. The van der Waals surface area contributed by atoms with Crippen LogP contribution in [-0.2, 0) is 4.74 Å². The molecule has 104 valence electrons.